The van der Waals surface area contributed by atoms with Gasteiger partial charge in [-0.25, -0.2) is 5.43 Å². The van der Waals surface area contributed by atoms with E-state index in [1.807, 2.05) is 0 Å². The minimum atomic E-state index is -0.503. The number of nitro benzene ring substituents is 1. The number of amides is 1. The van der Waals surface area contributed by atoms with Crippen molar-refractivity contribution in [2.24, 2.45) is 5.10 Å². The number of nitrogens with zero attached hydrogens (tertiary/aromatic N) is 2. The average Bonchev–Trinajstić information content (AvgIpc) is 3.26. The van der Waals surface area contributed by atoms with Gasteiger partial charge in [0.2, 0.25) is 0 Å². The number of hydrazone groups is 1. The van der Waals surface area contributed by atoms with Crippen molar-refractivity contribution in [3.63, 3.8) is 0 Å². The molecule has 25 heavy (non-hydrogen) atoms. The van der Waals surface area contributed by atoms with E-state index in [1.54, 1.807) is 30.3 Å². The summed E-state index contributed by atoms with van der Waals surface area (Å²) in [6, 6.07) is 10.9. The Labute approximate surface area is 149 Å². The molecule has 0 radical (unpaired) electrons. The van der Waals surface area contributed by atoms with Crippen molar-refractivity contribution in [1.82, 2.24) is 5.43 Å². The van der Waals surface area contributed by atoms with Crippen LogP contribution in [0, 0.1) is 10.1 Å². The summed E-state index contributed by atoms with van der Waals surface area (Å²) in [5.74, 6) is 0.268. The maximum atomic E-state index is 11.6. The van der Waals surface area contributed by atoms with Crippen LogP contribution in [0.5, 0.6) is 0 Å². The van der Waals surface area contributed by atoms with E-state index in [-0.39, 0.29) is 11.4 Å². The third-order valence-corrected chi connectivity index (χ3v) is 3.64. The van der Waals surface area contributed by atoms with Crippen molar-refractivity contribution in [2.75, 3.05) is 0 Å². The lowest BCUT2D eigenvalue weighted by Crippen LogP contribution is -2.16. The second-order valence-corrected chi connectivity index (χ2v) is 5.71. The van der Waals surface area contributed by atoms with Crippen LogP contribution in [0.3, 0.4) is 0 Å². The first-order valence-corrected chi connectivity index (χ1v) is 7.75. The number of carbonyl (C=O) groups excluding carboxylic acids is 1. The van der Waals surface area contributed by atoms with Crippen LogP contribution in [0.25, 0.3) is 11.3 Å². The predicted molar refractivity (Wildman–Crippen MR) is 92.3 cm³/mol. The summed E-state index contributed by atoms with van der Waals surface area (Å²) in [5, 5.41) is 14.9. The molecule has 0 aliphatic carbocycles. The zero-order valence-corrected chi connectivity index (χ0v) is 14.1. The number of halogens is 1. The van der Waals surface area contributed by atoms with Crippen LogP contribution in [0.2, 0.25) is 0 Å². The maximum absolute atomic E-state index is 11.6. The van der Waals surface area contributed by atoms with E-state index in [2.05, 4.69) is 26.5 Å². The molecule has 0 spiro atoms. The Morgan fingerprint density at radius 1 is 1.28 bits per heavy atom. The number of benzene rings is 1. The van der Waals surface area contributed by atoms with E-state index in [0.717, 1.165) is 0 Å². The zero-order valence-electron chi connectivity index (χ0n) is 12.5. The van der Waals surface area contributed by atoms with Crippen LogP contribution in [-0.2, 0) is 0 Å². The van der Waals surface area contributed by atoms with Crippen molar-refractivity contribution in [3.8, 4) is 11.3 Å². The summed E-state index contributed by atoms with van der Waals surface area (Å²) in [4.78, 5) is 22.3. The molecule has 1 aromatic carbocycles. The second-order valence-electron chi connectivity index (χ2n) is 4.80. The van der Waals surface area contributed by atoms with Gasteiger partial charge < -0.3 is 8.83 Å². The summed E-state index contributed by atoms with van der Waals surface area (Å²) in [7, 11) is 0. The van der Waals surface area contributed by atoms with Crippen molar-refractivity contribution >= 4 is 33.7 Å². The molecule has 0 unspecified atom stereocenters. The molecule has 9 heteroatoms. The third-order valence-electron chi connectivity index (χ3n) is 3.15. The van der Waals surface area contributed by atoms with Gasteiger partial charge in [0.1, 0.15) is 11.5 Å². The Morgan fingerprint density at radius 3 is 2.84 bits per heavy atom. The number of hydrogen-bond donors (Lipinski definition) is 1. The molecule has 2 aromatic heterocycles. The van der Waals surface area contributed by atoms with E-state index in [1.165, 1.54) is 24.6 Å². The van der Waals surface area contributed by atoms with Gasteiger partial charge in [0.15, 0.2) is 5.76 Å². The smallest absolute Gasteiger partial charge is 0.307 e. The predicted octanol–water partition coefficient (Wildman–Crippen LogP) is 3.97. The second kappa shape index (κ2) is 7.14. The SMILES string of the molecule is O=C(N/N=C/c1ccc(-c2ccc(Br)cc2[N+](=O)[O-])o1)c1ccco1. The first kappa shape index (κ1) is 16.7. The first-order valence-electron chi connectivity index (χ1n) is 6.95. The molecule has 126 valence electrons. The molecule has 3 rings (SSSR count). The van der Waals surface area contributed by atoms with E-state index < -0.39 is 10.8 Å². The van der Waals surface area contributed by atoms with Crippen molar-refractivity contribution in [3.05, 3.63) is 74.8 Å². The minimum Gasteiger partial charge on any atom is -0.459 e. The lowest BCUT2D eigenvalue weighted by Gasteiger charge is -2.00. The molecule has 1 N–H and O–H groups in total. The molecule has 3 aromatic rings. The van der Waals surface area contributed by atoms with Gasteiger partial charge in [0.25, 0.3) is 5.69 Å². The fourth-order valence-electron chi connectivity index (χ4n) is 2.05. The van der Waals surface area contributed by atoms with Crippen molar-refractivity contribution < 1.29 is 18.6 Å². The zero-order chi connectivity index (χ0) is 17.8. The number of hydrogen-bond acceptors (Lipinski definition) is 6. The van der Waals surface area contributed by atoms with Crippen LogP contribution in [0.4, 0.5) is 5.69 Å². The Balaban J connectivity index is 1.76. The molecular weight excluding hydrogens is 394 g/mol. The molecule has 0 saturated carbocycles. The Bertz CT molecular complexity index is 947. The molecule has 8 nitrogen and oxygen atoms in total. The number of nitrogens with one attached hydrogen (secondary N) is 1. The average molecular weight is 404 g/mol. The number of furan rings is 2. The van der Waals surface area contributed by atoms with E-state index in [9.17, 15) is 14.9 Å². The summed E-state index contributed by atoms with van der Waals surface area (Å²) < 4.78 is 11.1. The monoisotopic (exact) mass is 403 g/mol. The van der Waals surface area contributed by atoms with E-state index >= 15 is 0 Å². The lowest BCUT2D eigenvalue weighted by atomic mass is 10.1. The van der Waals surface area contributed by atoms with E-state index in [0.29, 0.717) is 21.6 Å². The highest BCUT2D eigenvalue weighted by Crippen LogP contribution is 2.33. The number of rotatable bonds is 5. The van der Waals surface area contributed by atoms with E-state index in [4.69, 9.17) is 8.83 Å². The van der Waals surface area contributed by atoms with Crippen LogP contribution in [0.15, 0.2) is 67.1 Å². The number of nitro groups is 1. The van der Waals surface area contributed by atoms with Crippen LogP contribution in [-0.4, -0.2) is 17.0 Å². The quantitative estimate of drug-likeness (QED) is 0.393. The summed E-state index contributed by atoms with van der Waals surface area (Å²) >= 11 is 3.20. The van der Waals surface area contributed by atoms with Crippen LogP contribution < -0.4 is 5.43 Å². The van der Waals surface area contributed by atoms with Crippen LogP contribution >= 0.6 is 15.9 Å². The molecule has 0 bridgehead atoms. The summed E-state index contributed by atoms with van der Waals surface area (Å²) in [5.41, 5.74) is 2.54. The minimum absolute atomic E-state index is 0.0849. The molecule has 2 heterocycles. The highest BCUT2D eigenvalue weighted by atomic mass is 79.9. The Kier molecular flexibility index (Phi) is 4.75. The highest BCUT2D eigenvalue weighted by Gasteiger charge is 2.18. The Hall–Kier alpha value is -3.20. The molecule has 1 amide bonds. The fourth-order valence-corrected chi connectivity index (χ4v) is 2.40. The summed E-state index contributed by atoms with van der Waals surface area (Å²) in [6.45, 7) is 0. The van der Waals surface area contributed by atoms with Gasteiger partial charge in [0, 0.05) is 10.5 Å². The maximum Gasteiger partial charge on any atom is 0.307 e. The van der Waals surface area contributed by atoms with Gasteiger partial charge in [-0.2, -0.15) is 5.10 Å². The molecule has 0 atom stereocenters. The molecule has 0 aliphatic rings. The molecule has 0 fully saturated rings. The summed E-state index contributed by atoms with van der Waals surface area (Å²) in [6.07, 6.45) is 2.66. The normalized spacial score (nSPS) is 10.9. The van der Waals surface area contributed by atoms with Gasteiger partial charge in [-0.1, -0.05) is 15.9 Å². The van der Waals surface area contributed by atoms with Gasteiger partial charge in [0.05, 0.1) is 23.0 Å². The Morgan fingerprint density at radius 2 is 2.12 bits per heavy atom. The van der Waals surface area contributed by atoms with Gasteiger partial charge >= 0.3 is 5.91 Å². The highest BCUT2D eigenvalue weighted by molar-refractivity contribution is 9.10. The largest absolute Gasteiger partial charge is 0.459 e. The fraction of sp³-hybridized carbons (Fsp3) is 0. The third kappa shape index (κ3) is 3.83. The molecular formula is C16H10BrN3O5. The topological polar surface area (TPSA) is 111 Å². The standard InChI is InChI=1S/C16H10BrN3O5/c17-10-3-5-12(13(8-10)20(22)23)14-6-4-11(25-14)9-18-19-16(21)15-2-1-7-24-15/h1-9H,(H,19,21)/b18-9+. The van der Waals surface area contributed by atoms with Gasteiger partial charge in [-0.15, -0.1) is 0 Å². The van der Waals surface area contributed by atoms with Gasteiger partial charge in [-0.3, -0.25) is 14.9 Å². The lowest BCUT2D eigenvalue weighted by molar-refractivity contribution is -0.384. The number of carbonyl (C=O) groups is 1. The van der Waals surface area contributed by atoms with Gasteiger partial charge in [-0.05, 0) is 36.4 Å². The van der Waals surface area contributed by atoms with Crippen molar-refractivity contribution in [1.29, 1.82) is 0 Å². The molecule has 0 saturated heterocycles. The molecule has 0 aliphatic heterocycles. The van der Waals surface area contributed by atoms with Crippen LogP contribution in [0.1, 0.15) is 16.3 Å². The first-order chi connectivity index (χ1) is 12.0. The van der Waals surface area contributed by atoms with Crippen molar-refractivity contribution in [2.45, 2.75) is 0 Å².